The quantitative estimate of drug-likeness (QED) is 0.784. The van der Waals surface area contributed by atoms with Gasteiger partial charge in [-0.15, -0.1) is 0 Å². The minimum atomic E-state index is -0.602. The second-order valence-electron chi connectivity index (χ2n) is 5.07. The lowest BCUT2D eigenvalue weighted by atomic mass is 10.0. The molecule has 0 radical (unpaired) electrons. The topological polar surface area (TPSA) is 93.8 Å². The Morgan fingerprint density at radius 2 is 1.71 bits per heavy atom. The molecule has 0 aliphatic heterocycles. The van der Waals surface area contributed by atoms with Crippen LogP contribution >= 0.6 is 0 Å². The van der Waals surface area contributed by atoms with Crippen LogP contribution in [0.1, 0.15) is 27.9 Å². The van der Waals surface area contributed by atoms with E-state index in [0.29, 0.717) is 33.6 Å². The summed E-state index contributed by atoms with van der Waals surface area (Å²) in [5.41, 5.74) is 2.18. The predicted molar refractivity (Wildman–Crippen MR) is 80.1 cm³/mol. The van der Waals surface area contributed by atoms with Crippen molar-refractivity contribution >= 4 is 0 Å². The van der Waals surface area contributed by atoms with Crippen LogP contribution in [0.3, 0.4) is 0 Å². The normalized spacial score (nSPS) is 10.4. The molecule has 0 aliphatic carbocycles. The maximum absolute atomic E-state index is 12.4. The highest BCUT2D eigenvalue weighted by Crippen LogP contribution is 2.17. The molecule has 108 valence electrons. The maximum atomic E-state index is 12.4. The molecule has 0 amide bonds. The molecule has 0 unspecified atom stereocenters. The van der Waals surface area contributed by atoms with E-state index in [9.17, 15) is 9.59 Å². The SMILES string of the molecule is Cc1cc(-n2c(=O)c(C)c(C)n(N)c2=O)c(C)cc1C#N. The molecule has 2 aromatic rings. The van der Waals surface area contributed by atoms with Gasteiger partial charge in [-0.3, -0.25) is 4.79 Å². The first-order valence-electron chi connectivity index (χ1n) is 6.41. The highest BCUT2D eigenvalue weighted by Gasteiger charge is 2.15. The van der Waals surface area contributed by atoms with Crippen LogP contribution in [-0.2, 0) is 0 Å². The van der Waals surface area contributed by atoms with Gasteiger partial charge in [-0.2, -0.15) is 5.26 Å². The monoisotopic (exact) mass is 284 g/mol. The van der Waals surface area contributed by atoms with Crippen LogP contribution in [0.25, 0.3) is 5.69 Å². The van der Waals surface area contributed by atoms with Crippen LogP contribution in [0.2, 0.25) is 0 Å². The summed E-state index contributed by atoms with van der Waals surface area (Å²) < 4.78 is 2.01. The Hall–Kier alpha value is -2.81. The lowest BCUT2D eigenvalue weighted by molar-refractivity contribution is 0.735. The van der Waals surface area contributed by atoms with Crippen molar-refractivity contribution in [2.75, 3.05) is 5.84 Å². The van der Waals surface area contributed by atoms with Gasteiger partial charge < -0.3 is 5.84 Å². The Kier molecular flexibility index (Phi) is 3.44. The lowest BCUT2D eigenvalue weighted by Crippen LogP contribution is -2.44. The number of aryl methyl sites for hydroxylation is 2. The van der Waals surface area contributed by atoms with E-state index in [4.69, 9.17) is 11.1 Å². The van der Waals surface area contributed by atoms with Crippen LogP contribution in [0.4, 0.5) is 0 Å². The summed E-state index contributed by atoms with van der Waals surface area (Å²) in [5.74, 6) is 5.73. The molecule has 2 N–H and O–H groups in total. The summed E-state index contributed by atoms with van der Waals surface area (Å²) in [6.07, 6.45) is 0. The van der Waals surface area contributed by atoms with Gasteiger partial charge in [0.2, 0.25) is 0 Å². The second kappa shape index (κ2) is 4.94. The fourth-order valence-electron chi connectivity index (χ4n) is 2.22. The van der Waals surface area contributed by atoms with Gasteiger partial charge in [0, 0.05) is 5.56 Å². The van der Waals surface area contributed by atoms with Gasteiger partial charge in [0.25, 0.3) is 5.56 Å². The van der Waals surface area contributed by atoms with E-state index in [0.717, 1.165) is 9.24 Å². The number of nitrogens with two attached hydrogens (primary N) is 1. The van der Waals surface area contributed by atoms with E-state index >= 15 is 0 Å². The number of nitrogens with zero attached hydrogens (tertiary/aromatic N) is 3. The minimum Gasteiger partial charge on any atom is -0.335 e. The molecular weight excluding hydrogens is 268 g/mol. The Bertz CT molecular complexity index is 861. The zero-order valence-corrected chi connectivity index (χ0v) is 12.4. The molecule has 1 aromatic carbocycles. The fraction of sp³-hybridized carbons (Fsp3) is 0.267. The summed E-state index contributed by atoms with van der Waals surface area (Å²) in [4.78, 5) is 24.7. The number of nitriles is 1. The number of hydrogen-bond acceptors (Lipinski definition) is 4. The third-order valence-electron chi connectivity index (χ3n) is 3.73. The Labute approximate surface area is 121 Å². The fourth-order valence-corrected chi connectivity index (χ4v) is 2.22. The molecule has 2 rings (SSSR count). The van der Waals surface area contributed by atoms with E-state index < -0.39 is 11.2 Å². The van der Waals surface area contributed by atoms with Gasteiger partial charge in [-0.1, -0.05) is 0 Å². The van der Waals surface area contributed by atoms with Gasteiger partial charge in [0.05, 0.1) is 23.0 Å². The lowest BCUT2D eigenvalue weighted by Gasteiger charge is -2.14. The summed E-state index contributed by atoms with van der Waals surface area (Å²) in [6, 6.07) is 5.40. The smallest absolute Gasteiger partial charge is 0.335 e. The van der Waals surface area contributed by atoms with E-state index in [2.05, 4.69) is 6.07 Å². The zero-order chi connectivity index (χ0) is 15.9. The van der Waals surface area contributed by atoms with Crippen molar-refractivity contribution in [1.82, 2.24) is 9.24 Å². The third-order valence-corrected chi connectivity index (χ3v) is 3.73. The number of rotatable bonds is 1. The molecule has 6 heteroatoms. The van der Waals surface area contributed by atoms with Crippen LogP contribution in [0.15, 0.2) is 21.7 Å². The first kappa shape index (κ1) is 14.6. The highest BCUT2D eigenvalue weighted by atomic mass is 16.2. The average Bonchev–Trinajstić information content (AvgIpc) is 2.46. The van der Waals surface area contributed by atoms with Crippen molar-refractivity contribution in [1.29, 1.82) is 5.26 Å². The third kappa shape index (κ3) is 2.13. The molecule has 1 heterocycles. The van der Waals surface area contributed by atoms with Gasteiger partial charge in [-0.25, -0.2) is 14.0 Å². The van der Waals surface area contributed by atoms with E-state index in [1.807, 2.05) is 0 Å². The van der Waals surface area contributed by atoms with Crippen molar-refractivity contribution < 1.29 is 0 Å². The Morgan fingerprint density at radius 1 is 1.10 bits per heavy atom. The van der Waals surface area contributed by atoms with Gasteiger partial charge in [0.15, 0.2) is 0 Å². The predicted octanol–water partition coefficient (Wildman–Crippen LogP) is 0.818. The Morgan fingerprint density at radius 3 is 2.29 bits per heavy atom. The summed E-state index contributed by atoms with van der Waals surface area (Å²) >= 11 is 0. The van der Waals surface area contributed by atoms with Crippen molar-refractivity contribution in [2.24, 2.45) is 0 Å². The zero-order valence-electron chi connectivity index (χ0n) is 12.4. The Balaban J connectivity index is 2.94. The van der Waals surface area contributed by atoms with Crippen molar-refractivity contribution in [2.45, 2.75) is 27.7 Å². The molecule has 0 bridgehead atoms. The largest absolute Gasteiger partial charge is 0.354 e. The molecule has 21 heavy (non-hydrogen) atoms. The van der Waals surface area contributed by atoms with Crippen molar-refractivity contribution in [3.05, 3.63) is 60.9 Å². The van der Waals surface area contributed by atoms with Gasteiger partial charge in [0.1, 0.15) is 0 Å². The van der Waals surface area contributed by atoms with Crippen molar-refractivity contribution in [3.8, 4) is 11.8 Å². The number of hydrogen-bond donors (Lipinski definition) is 1. The molecule has 0 saturated heterocycles. The molecule has 0 saturated carbocycles. The first-order valence-corrected chi connectivity index (χ1v) is 6.41. The average molecular weight is 284 g/mol. The molecule has 1 aromatic heterocycles. The van der Waals surface area contributed by atoms with E-state index in [1.54, 1.807) is 39.8 Å². The summed E-state index contributed by atoms with van der Waals surface area (Å²) in [7, 11) is 0. The van der Waals surface area contributed by atoms with Crippen molar-refractivity contribution in [3.63, 3.8) is 0 Å². The molecule has 0 spiro atoms. The van der Waals surface area contributed by atoms with Crippen LogP contribution in [0, 0.1) is 39.0 Å². The molecule has 0 atom stereocenters. The highest BCUT2D eigenvalue weighted by molar-refractivity contribution is 5.51. The van der Waals surface area contributed by atoms with E-state index in [1.165, 1.54) is 0 Å². The number of benzene rings is 1. The maximum Gasteiger partial charge on any atom is 0.354 e. The second-order valence-corrected chi connectivity index (χ2v) is 5.07. The first-order chi connectivity index (χ1) is 9.79. The molecule has 6 nitrogen and oxygen atoms in total. The molecular formula is C15H16N4O2. The van der Waals surface area contributed by atoms with Gasteiger partial charge >= 0.3 is 5.69 Å². The number of nitrogen functional groups attached to an aromatic ring is 1. The number of aromatic nitrogens is 2. The van der Waals surface area contributed by atoms with Crippen LogP contribution in [0.5, 0.6) is 0 Å². The molecule has 0 fully saturated rings. The standard InChI is InChI=1S/C15H16N4O2/c1-8-6-13(9(2)5-12(8)7-16)18-14(20)10(3)11(4)19(17)15(18)21/h5-6H,17H2,1-4H3. The summed E-state index contributed by atoms with van der Waals surface area (Å²) in [5, 5.41) is 9.03. The molecule has 0 aliphatic rings. The minimum absolute atomic E-state index is 0.397. The van der Waals surface area contributed by atoms with Crippen LogP contribution in [-0.4, -0.2) is 9.24 Å². The van der Waals surface area contributed by atoms with E-state index in [-0.39, 0.29) is 0 Å². The van der Waals surface area contributed by atoms with Gasteiger partial charge in [-0.05, 0) is 51.0 Å². The van der Waals surface area contributed by atoms with Crippen LogP contribution < -0.4 is 17.1 Å². The summed E-state index contributed by atoms with van der Waals surface area (Å²) in [6.45, 7) is 6.76.